The molecule has 0 saturated carbocycles. The van der Waals surface area contributed by atoms with Crippen molar-refractivity contribution in [3.8, 4) is 5.75 Å². The fraction of sp³-hybridized carbons (Fsp3) is 0.294. The summed E-state index contributed by atoms with van der Waals surface area (Å²) in [7, 11) is 1.58. The maximum absolute atomic E-state index is 12.4. The van der Waals surface area contributed by atoms with Gasteiger partial charge in [-0.3, -0.25) is 4.79 Å². The number of rotatable bonds is 4. The molecule has 1 aliphatic rings. The van der Waals surface area contributed by atoms with Crippen LogP contribution in [0.4, 0.5) is 11.5 Å². The number of hydrogen-bond acceptors (Lipinski definition) is 4. The Morgan fingerprint density at radius 1 is 1.26 bits per heavy atom. The van der Waals surface area contributed by atoms with E-state index in [1.165, 1.54) is 12.8 Å². The number of carbonyl (C=O) groups is 1. The molecule has 120 valence electrons. The summed E-state index contributed by atoms with van der Waals surface area (Å²) in [6.07, 6.45) is 4.12. The Kier molecular flexibility index (Phi) is 4.81. The van der Waals surface area contributed by atoms with Crippen LogP contribution in [0.5, 0.6) is 5.75 Å². The minimum atomic E-state index is -0.202. The summed E-state index contributed by atoms with van der Waals surface area (Å²) in [4.78, 5) is 19.1. The quantitative estimate of drug-likeness (QED) is 0.884. The number of ether oxygens (including phenoxy) is 1. The van der Waals surface area contributed by atoms with Crippen molar-refractivity contribution in [1.29, 1.82) is 0 Å². The Bertz CT molecular complexity index is 697. The SMILES string of the molecule is COc1ccc(Br)c(C(=O)Nc2ccc(N3CCCC3)nc2)c1. The van der Waals surface area contributed by atoms with E-state index in [0.29, 0.717) is 17.0 Å². The molecular weight excluding hydrogens is 358 g/mol. The molecule has 1 aromatic carbocycles. The second-order valence-corrected chi connectivity index (χ2v) is 6.25. The van der Waals surface area contributed by atoms with Gasteiger partial charge in [0.25, 0.3) is 5.91 Å². The Hall–Kier alpha value is -2.08. The van der Waals surface area contributed by atoms with Gasteiger partial charge in [-0.05, 0) is 59.1 Å². The smallest absolute Gasteiger partial charge is 0.256 e. The molecule has 2 heterocycles. The van der Waals surface area contributed by atoms with Crippen molar-refractivity contribution in [3.63, 3.8) is 0 Å². The second kappa shape index (κ2) is 7.00. The van der Waals surface area contributed by atoms with Crippen LogP contribution >= 0.6 is 15.9 Å². The van der Waals surface area contributed by atoms with Crippen LogP contribution in [0.15, 0.2) is 41.0 Å². The molecule has 1 saturated heterocycles. The first kappa shape index (κ1) is 15.8. The minimum Gasteiger partial charge on any atom is -0.497 e. The predicted molar refractivity (Wildman–Crippen MR) is 94.3 cm³/mol. The fourth-order valence-corrected chi connectivity index (χ4v) is 3.02. The first-order chi connectivity index (χ1) is 11.2. The number of nitrogens with one attached hydrogen (secondary N) is 1. The third-order valence-corrected chi connectivity index (χ3v) is 4.55. The van der Waals surface area contributed by atoms with Gasteiger partial charge in [0.15, 0.2) is 0 Å². The minimum absolute atomic E-state index is 0.202. The third kappa shape index (κ3) is 3.64. The van der Waals surface area contributed by atoms with Crippen LogP contribution in [0, 0.1) is 0 Å². The second-order valence-electron chi connectivity index (χ2n) is 5.40. The lowest BCUT2D eigenvalue weighted by molar-refractivity contribution is 0.102. The van der Waals surface area contributed by atoms with E-state index in [1.54, 1.807) is 31.5 Å². The summed E-state index contributed by atoms with van der Waals surface area (Å²) >= 11 is 3.39. The molecule has 6 heteroatoms. The number of amides is 1. The van der Waals surface area contributed by atoms with Crippen molar-refractivity contribution in [2.45, 2.75) is 12.8 Å². The van der Waals surface area contributed by atoms with E-state index in [0.717, 1.165) is 23.4 Å². The molecule has 0 spiro atoms. The van der Waals surface area contributed by atoms with Crippen LogP contribution < -0.4 is 15.0 Å². The van der Waals surface area contributed by atoms with E-state index in [9.17, 15) is 4.79 Å². The number of hydrogen-bond donors (Lipinski definition) is 1. The zero-order valence-electron chi connectivity index (χ0n) is 12.9. The highest BCUT2D eigenvalue weighted by molar-refractivity contribution is 9.10. The van der Waals surface area contributed by atoms with Gasteiger partial charge in [0.2, 0.25) is 0 Å². The van der Waals surface area contributed by atoms with E-state index < -0.39 is 0 Å². The van der Waals surface area contributed by atoms with E-state index in [4.69, 9.17) is 4.74 Å². The van der Waals surface area contributed by atoms with Crippen molar-refractivity contribution >= 4 is 33.3 Å². The fourth-order valence-electron chi connectivity index (χ4n) is 2.60. The Labute approximate surface area is 143 Å². The van der Waals surface area contributed by atoms with E-state index in [2.05, 4.69) is 31.1 Å². The molecule has 1 N–H and O–H groups in total. The first-order valence-electron chi connectivity index (χ1n) is 7.53. The number of halogens is 1. The number of pyridine rings is 1. The summed E-state index contributed by atoms with van der Waals surface area (Å²) in [6, 6.07) is 9.12. The molecule has 0 aliphatic carbocycles. The number of benzene rings is 1. The van der Waals surface area contributed by atoms with Crippen molar-refractivity contribution < 1.29 is 9.53 Å². The number of methoxy groups -OCH3 is 1. The normalized spacial score (nSPS) is 13.9. The maximum atomic E-state index is 12.4. The molecule has 0 atom stereocenters. The van der Waals surface area contributed by atoms with Crippen LogP contribution in [0.1, 0.15) is 23.2 Å². The standard InChI is InChI=1S/C17H18BrN3O2/c1-23-13-5-6-15(18)14(10-13)17(22)20-12-4-7-16(19-11-12)21-8-2-3-9-21/h4-7,10-11H,2-3,8-9H2,1H3,(H,20,22). The monoisotopic (exact) mass is 375 g/mol. The summed E-state index contributed by atoms with van der Waals surface area (Å²) in [6.45, 7) is 2.10. The predicted octanol–water partition coefficient (Wildman–Crippen LogP) is 3.71. The molecular formula is C17H18BrN3O2. The molecule has 23 heavy (non-hydrogen) atoms. The van der Waals surface area contributed by atoms with Crippen LogP contribution in [0.2, 0.25) is 0 Å². The molecule has 0 bridgehead atoms. The average molecular weight is 376 g/mol. The van der Waals surface area contributed by atoms with Gasteiger partial charge in [0.05, 0.1) is 24.6 Å². The molecule has 1 amide bonds. The summed E-state index contributed by atoms with van der Waals surface area (Å²) in [5, 5.41) is 2.86. The molecule has 1 aromatic heterocycles. The lowest BCUT2D eigenvalue weighted by atomic mass is 10.2. The molecule has 1 fully saturated rings. The van der Waals surface area contributed by atoms with Crippen molar-refractivity contribution in [1.82, 2.24) is 4.98 Å². The Morgan fingerprint density at radius 3 is 2.70 bits per heavy atom. The van der Waals surface area contributed by atoms with E-state index in [1.807, 2.05) is 12.1 Å². The van der Waals surface area contributed by atoms with Crippen molar-refractivity contribution in [2.24, 2.45) is 0 Å². The zero-order valence-corrected chi connectivity index (χ0v) is 14.5. The lowest BCUT2D eigenvalue weighted by Gasteiger charge is -2.16. The van der Waals surface area contributed by atoms with Crippen molar-refractivity contribution in [3.05, 3.63) is 46.6 Å². The first-order valence-corrected chi connectivity index (χ1v) is 8.32. The molecule has 2 aromatic rings. The third-order valence-electron chi connectivity index (χ3n) is 3.85. The average Bonchev–Trinajstić information content (AvgIpc) is 3.10. The molecule has 0 radical (unpaired) electrons. The molecule has 0 unspecified atom stereocenters. The van der Waals surface area contributed by atoms with Crippen LogP contribution in [0.25, 0.3) is 0 Å². The van der Waals surface area contributed by atoms with E-state index in [-0.39, 0.29) is 5.91 Å². The van der Waals surface area contributed by atoms with Gasteiger partial charge in [-0.1, -0.05) is 0 Å². The van der Waals surface area contributed by atoms with Gasteiger partial charge in [-0.25, -0.2) is 4.98 Å². The van der Waals surface area contributed by atoms with Gasteiger partial charge in [0.1, 0.15) is 11.6 Å². The topological polar surface area (TPSA) is 54.5 Å². The number of nitrogens with zero attached hydrogens (tertiary/aromatic N) is 2. The largest absolute Gasteiger partial charge is 0.497 e. The zero-order chi connectivity index (χ0) is 16.2. The highest BCUT2D eigenvalue weighted by atomic mass is 79.9. The van der Waals surface area contributed by atoms with Gasteiger partial charge in [0, 0.05) is 17.6 Å². The molecule has 3 rings (SSSR count). The highest BCUT2D eigenvalue weighted by Gasteiger charge is 2.14. The molecule has 5 nitrogen and oxygen atoms in total. The summed E-state index contributed by atoms with van der Waals surface area (Å²) < 4.78 is 5.88. The van der Waals surface area contributed by atoms with Crippen LogP contribution in [-0.2, 0) is 0 Å². The van der Waals surface area contributed by atoms with Gasteiger partial charge in [-0.2, -0.15) is 0 Å². The van der Waals surface area contributed by atoms with Crippen LogP contribution in [-0.4, -0.2) is 31.1 Å². The van der Waals surface area contributed by atoms with Crippen molar-refractivity contribution in [2.75, 3.05) is 30.4 Å². The Balaban J connectivity index is 1.72. The summed E-state index contributed by atoms with van der Waals surface area (Å²) in [5.41, 5.74) is 1.20. The number of anilines is 2. The van der Waals surface area contributed by atoms with Gasteiger partial charge < -0.3 is 15.0 Å². The van der Waals surface area contributed by atoms with Crippen LogP contribution in [0.3, 0.4) is 0 Å². The Morgan fingerprint density at radius 2 is 2.04 bits per heavy atom. The highest BCUT2D eigenvalue weighted by Crippen LogP contribution is 2.24. The maximum Gasteiger partial charge on any atom is 0.256 e. The van der Waals surface area contributed by atoms with Gasteiger partial charge >= 0.3 is 0 Å². The van der Waals surface area contributed by atoms with Gasteiger partial charge in [-0.15, -0.1) is 0 Å². The summed E-state index contributed by atoms with van der Waals surface area (Å²) in [5.74, 6) is 1.40. The number of carbonyl (C=O) groups excluding carboxylic acids is 1. The lowest BCUT2D eigenvalue weighted by Crippen LogP contribution is -2.19. The number of aromatic nitrogens is 1. The van der Waals surface area contributed by atoms with E-state index >= 15 is 0 Å². The molecule has 1 aliphatic heterocycles.